The minimum absolute atomic E-state index is 0.159. The molecule has 174 valence electrons. The summed E-state index contributed by atoms with van der Waals surface area (Å²) in [6, 6.07) is 25.5. The molecule has 0 unspecified atom stereocenters. The van der Waals surface area contributed by atoms with Crippen molar-refractivity contribution in [3.63, 3.8) is 0 Å². The predicted molar refractivity (Wildman–Crippen MR) is 136 cm³/mol. The second-order valence-electron chi connectivity index (χ2n) is 7.89. The van der Waals surface area contributed by atoms with Crippen LogP contribution in [0.5, 0.6) is 11.5 Å². The standard InChI is InChI=1S/C28H29N3O3/c1-4-33-26-19-23(15-16-25(26)34-18-17-22-11-7-5-8-12-22)20-29-27-21(2)30(3)31(28(27)32)24-13-9-6-10-14-24/h5-16,19-20H,4,17-18H2,1-3H3. The van der Waals surface area contributed by atoms with E-state index in [9.17, 15) is 4.79 Å². The van der Waals surface area contributed by atoms with Gasteiger partial charge in [0.25, 0.3) is 5.56 Å². The van der Waals surface area contributed by atoms with Crippen LogP contribution in [-0.4, -0.2) is 28.8 Å². The van der Waals surface area contributed by atoms with Crippen LogP contribution in [0.2, 0.25) is 0 Å². The molecule has 0 bridgehead atoms. The van der Waals surface area contributed by atoms with Gasteiger partial charge < -0.3 is 9.47 Å². The predicted octanol–water partition coefficient (Wildman–Crippen LogP) is 5.26. The number of nitrogens with zero attached hydrogens (tertiary/aromatic N) is 3. The Labute approximate surface area is 199 Å². The molecule has 0 spiro atoms. The van der Waals surface area contributed by atoms with Crippen LogP contribution in [0, 0.1) is 6.92 Å². The zero-order chi connectivity index (χ0) is 23.9. The summed E-state index contributed by atoms with van der Waals surface area (Å²) in [4.78, 5) is 17.6. The van der Waals surface area contributed by atoms with Crippen molar-refractivity contribution in [3.05, 3.63) is 106 Å². The first-order chi connectivity index (χ1) is 16.6. The number of aromatic nitrogens is 2. The molecule has 0 saturated carbocycles. The summed E-state index contributed by atoms with van der Waals surface area (Å²) in [5.74, 6) is 1.35. The van der Waals surface area contributed by atoms with Crippen LogP contribution >= 0.6 is 0 Å². The molecule has 4 rings (SSSR count). The number of benzene rings is 3. The minimum atomic E-state index is -0.159. The van der Waals surface area contributed by atoms with Gasteiger partial charge in [-0.1, -0.05) is 48.5 Å². The van der Waals surface area contributed by atoms with Gasteiger partial charge >= 0.3 is 0 Å². The maximum atomic E-state index is 13.1. The lowest BCUT2D eigenvalue weighted by atomic mass is 10.2. The average molecular weight is 456 g/mol. The van der Waals surface area contributed by atoms with Crippen LogP contribution in [0.4, 0.5) is 5.69 Å². The van der Waals surface area contributed by atoms with Gasteiger partial charge in [-0.2, -0.15) is 0 Å². The first-order valence-electron chi connectivity index (χ1n) is 11.4. The highest BCUT2D eigenvalue weighted by molar-refractivity contribution is 5.83. The van der Waals surface area contributed by atoms with Crippen molar-refractivity contribution in [3.8, 4) is 17.2 Å². The third-order valence-corrected chi connectivity index (χ3v) is 5.63. The van der Waals surface area contributed by atoms with E-state index in [1.54, 1.807) is 10.9 Å². The molecule has 0 aliphatic carbocycles. The Hall–Kier alpha value is -4.06. The maximum Gasteiger partial charge on any atom is 0.297 e. The SMILES string of the molecule is CCOc1cc(C=Nc2c(C)n(C)n(-c3ccccc3)c2=O)ccc1OCCc1ccccc1. The van der Waals surface area contributed by atoms with E-state index in [2.05, 4.69) is 17.1 Å². The van der Waals surface area contributed by atoms with Crippen LogP contribution in [0.15, 0.2) is 88.6 Å². The Morgan fingerprint density at radius 3 is 2.32 bits per heavy atom. The highest BCUT2D eigenvalue weighted by Gasteiger charge is 2.15. The summed E-state index contributed by atoms with van der Waals surface area (Å²) in [6.07, 6.45) is 2.51. The lowest BCUT2D eigenvalue weighted by molar-refractivity contribution is 0.279. The zero-order valence-electron chi connectivity index (χ0n) is 19.8. The van der Waals surface area contributed by atoms with E-state index in [-0.39, 0.29) is 5.56 Å². The first kappa shape index (κ1) is 23.1. The summed E-state index contributed by atoms with van der Waals surface area (Å²) in [5, 5.41) is 0. The van der Waals surface area contributed by atoms with Crippen molar-refractivity contribution < 1.29 is 9.47 Å². The molecule has 0 saturated heterocycles. The maximum absolute atomic E-state index is 13.1. The number of rotatable bonds is 9. The van der Waals surface area contributed by atoms with Crippen LogP contribution in [-0.2, 0) is 13.5 Å². The molecule has 3 aromatic carbocycles. The van der Waals surface area contributed by atoms with Crippen molar-refractivity contribution in [2.24, 2.45) is 12.0 Å². The lowest BCUT2D eigenvalue weighted by Crippen LogP contribution is -2.19. The van der Waals surface area contributed by atoms with Gasteiger partial charge in [0.1, 0.15) is 0 Å². The third kappa shape index (κ3) is 5.12. The largest absolute Gasteiger partial charge is 0.490 e. The Balaban J connectivity index is 1.54. The van der Waals surface area contributed by atoms with Crippen molar-refractivity contribution in [1.82, 2.24) is 9.36 Å². The number of ether oxygens (including phenoxy) is 2. The van der Waals surface area contributed by atoms with E-state index < -0.39 is 0 Å². The summed E-state index contributed by atoms with van der Waals surface area (Å²) in [7, 11) is 1.86. The fraction of sp³-hybridized carbons (Fsp3) is 0.214. The van der Waals surface area contributed by atoms with Gasteiger partial charge in [0, 0.05) is 19.7 Å². The Kier molecular flexibility index (Phi) is 7.28. The normalized spacial score (nSPS) is 11.1. The molecule has 0 aliphatic rings. The van der Waals surface area contributed by atoms with Gasteiger partial charge in [0.15, 0.2) is 17.2 Å². The molecular weight excluding hydrogens is 426 g/mol. The molecular formula is C28H29N3O3. The lowest BCUT2D eigenvalue weighted by Gasteiger charge is -2.12. The van der Waals surface area contributed by atoms with Crippen LogP contribution < -0.4 is 15.0 Å². The molecule has 1 heterocycles. The number of hydrogen-bond donors (Lipinski definition) is 0. The van der Waals surface area contributed by atoms with E-state index in [4.69, 9.17) is 9.47 Å². The van der Waals surface area contributed by atoms with Crippen molar-refractivity contribution in [2.45, 2.75) is 20.3 Å². The van der Waals surface area contributed by atoms with Gasteiger partial charge in [0.05, 0.1) is 24.6 Å². The van der Waals surface area contributed by atoms with Crippen LogP contribution in [0.1, 0.15) is 23.7 Å². The van der Waals surface area contributed by atoms with Crippen molar-refractivity contribution in [2.75, 3.05) is 13.2 Å². The van der Waals surface area contributed by atoms with E-state index >= 15 is 0 Å². The fourth-order valence-electron chi connectivity index (χ4n) is 3.76. The molecule has 6 heteroatoms. The highest BCUT2D eigenvalue weighted by Crippen LogP contribution is 2.28. The fourth-order valence-corrected chi connectivity index (χ4v) is 3.76. The molecule has 0 aliphatic heterocycles. The summed E-state index contributed by atoms with van der Waals surface area (Å²) in [5.41, 5.74) is 3.89. The van der Waals surface area contributed by atoms with E-state index in [1.165, 1.54) is 5.56 Å². The second-order valence-corrected chi connectivity index (χ2v) is 7.89. The van der Waals surface area contributed by atoms with Gasteiger partial charge in [-0.3, -0.25) is 9.48 Å². The number of para-hydroxylation sites is 1. The van der Waals surface area contributed by atoms with Crippen LogP contribution in [0.25, 0.3) is 5.69 Å². The third-order valence-electron chi connectivity index (χ3n) is 5.63. The van der Waals surface area contributed by atoms with E-state index in [0.29, 0.717) is 30.4 Å². The van der Waals surface area contributed by atoms with Crippen molar-refractivity contribution in [1.29, 1.82) is 0 Å². The topological polar surface area (TPSA) is 57.8 Å². The minimum Gasteiger partial charge on any atom is -0.490 e. The number of hydrogen-bond acceptors (Lipinski definition) is 4. The molecule has 1 aromatic heterocycles. The monoisotopic (exact) mass is 455 g/mol. The molecule has 0 amide bonds. The molecule has 0 N–H and O–H groups in total. The second kappa shape index (κ2) is 10.7. The van der Waals surface area contributed by atoms with Gasteiger partial charge in [-0.25, -0.2) is 9.67 Å². The Bertz CT molecular complexity index is 1320. The molecule has 4 aromatic rings. The Morgan fingerprint density at radius 1 is 0.912 bits per heavy atom. The van der Waals surface area contributed by atoms with Gasteiger partial charge in [0.2, 0.25) is 0 Å². The number of aliphatic imine (C=N–C) groups is 1. The summed E-state index contributed by atoms with van der Waals surface area (Å²) >= 11 is 0. The smallest absolute Gasteiger partial charge is 0.297 e. The molecule has 0 atom stereocenters. The average Bonchev–Trinajstić information content (AvgIpc) is 3.07. The summed E-state index contributed by atoms with van der Waals surface area (Å²) in [6.45, 7) is 4.91. The zero-order valence-corrected chi connectivity index (χ0v) is 19.8. The van der Waals surface area contributed by atoms with Gasteiger partial charge in [-0.05, 0) is 55.3 Å². The highest BCUT2D eigenvalue weighted by atomic mass is 16.5. The first-order valence-corrected chi connectivity index (χ1v) is 11.4. The quantitative estimate of drug-likeness (QED) is 0.324. The molecule has 34 heavy (non-hydrogen) atoms. The molecule has 0 radical (unpaired) electrons. The van der Waals surface area contributed by atoms with E-state index in [1.807, 2.05) is 92.3 Å². The van der Waals surface area contributed by atoms with Crippen molar-refractivity contribution >= 4 is 11.9 Å². The Morgan fingerprint density at radius 2 is 1.62 bits per heavy atom. The summed E-state index contributed by atoms with van der Waals surface area (Å²) < 4.78 is 15.2. The van der Waals surface area contributed by atoms with E-state index in [0.717, 1.165) is 23.4 Å². The molecule has 6 nitrogen and oxygen atoms in total. The van der Waals surface area contributed by atoms with Crippen LogP contribution in [0.3, 0.4) is 0 Å². The van der Waals surface area contributed by atoms with Gasteiger partial charge in [-0.15, -0.1) is 0 Å². The molecule has 0 fully saturated rings.